The Labute approximate surface area is 198 Å². The van der Waals surface area contributed by atoms with Gasteiger partial charge in [0.15, 0.2) is 11.5 Å². The van der Waals surface area contributed by atoms with Gasteiger partial charge in [0.25, 0.3) is 11.8 Å². The van der Waals surface area contributed by atoms with Crippen molar-refractivity contribution in [2.24, 2.45) is 0 Å². The van der Waals surface area contributed by atoms with Gasteiger partial charge in [-0.2, -0.15) is 0 Å². The minimum Gasteiger partial charge on any atom is -0.490 e. The molecular weight excluding hydrogens is 535 g/mol. The molecule has 162 valence electrons. The number of halogens is 2. The fraction of sp³-hybridized carbons (Fsp3) is 0.227. The molecule has 0 aromatic heterocycles. The monoisotopic (exact) mass is 554 g/mol. The van der Waals surface area contributed by atoms with Crippen molar-refractivity contribution < 1.29 is 23.9 Å². The van der Waals surface area contributed by atoms with Crippen LogP contribution in [0.2, 0.25) is 5.02 Å². The highest BCUT2D eigenvalue weighted by Gasteiger charge is 2.37. The van der Waals surface area contributed by atoms with Crippen LogP contribution in [-0.2, 0) is 16.2 Å². The molecule has 1 aliphatic rings. The summed E-state index contributed by atoms with van der Waals surface area (Å²) in [5.74, 6) is -0.248. The molecule has 2 aromatic carbocycles. The molecule has 31 heavy (non-hydrogen) atoms. The predicted octanol–water partition coefficient (Wildman–Crippen LogP) is 4.36. The fourth-order valence-electron chi connectivity index (χ4n) is 2.95. The van der Waals surface area contributed by atoms with Gasteiger partial charge >= 0.3 is 6.03 Å². The Balaban J connectivity index is 1.93. The van der Waals surface area contributed by atoms with Crippen molar-refractivity contribution in [2.45, 2.75) is 13.5 Å². The quantitative estimate of drug-likeness (QED) is 0.301. The van der Waals surface area contributed by atoms with E-state index in [0.29, 0.717) is 35.3 Å². The highest BCUT2D eigenvalue weighted by molar-refractivity contribution is 14.1. The minimum atomic E-state index is -0.664. The highest BCUT2D eigenvalue weighted by Crippen LogP contribution is 2.36. The molecule has 2 aromatic rings. The first-order chi connectivity index (χ1) is 14.7. The lowest BCUT2D eigenvalue weighted by Crippen LogP contribution is -2.52. The lowest BCUT2D eigenvalue weighted by atomic mass is 10.1. The number of imide groups is 2. The largest absolute Gasteiger partial charge is 0.490 e. The van der Waals surface area contributed by atoms with E-state index in [2.05, 4.69) is 22.6 Å². The first-order valence-electron chi connectivity index (χ1n) is 9.38. The van der Waals surface area contributed by atoms with E-state index < -0.39 is 17.8 Å². The smallest absolute Gasteiger partial charge is 0.333 e. The number of barbiturate groups is 1. The number of likely N-dealkylation sites (N-methyl/N-ethyl adjacent to an activating group) is 2. The van der Waals surface area contributed by atoms with Crippen molar-refractivity contribution in [1.29, 1.82) is 0 Å². The molecule has 0 bridgehead atoms. The van der Waals surface area contributed by atoms with Crippen LogP contribution in [0.1, 0.15) is 18.1 Å². The Hall–Kier alpha value is -2.59. The normalized spacial score (nSPS) is 14.2. The summed E-state index contributed by atoms with van der Waals surface area (Å²) < 4.78 is 12.5. The Morgan fingerprint density at radius 2 is 1.61 bits per heavy atom. The van der Waals surface area contributed by atoms with Gasteiger partial charge in [0.05, 0.1) is 10.2 Å². The number of rotatable bonds is 6. The zero-order valence-corrected chi connectivity index (χ0v) is 20.1. The summed E-state index contributed by atoms with van der Waals surface area (Å²) in [4.78, 5) is 38.7. The second-order valence-electron chi connectivity index (χ2n) is 6.75. The molecular formula is C22H20ClIN2O5. The molecule has 7 nitrogen and oxygen atoms in total. The lowest BCUT2D eigenvalue weighted by Gasteiger charge is -2.28. The molecule has 3 rings (SSSR count). The molecule has 1 saturated heterocycles. The minimum absolute atomic E-state index is 0.0994. The summed E-state index contributed by atoms with van der Waals surface area (Å²) in [7, 11) is 2.68. The zero-order chi connectivity index (χ0) is 22.7. The van der Waals surface area contributed by atoms with Gasteiger partial charge in [-0.15, -0.1) is 0 Å². The third-order valence-electron chi connectivity index (χ3n) is 4.58. The van der Waals surface area contributed by atoms with Crippen LogP contribution in [0, 0.1) is 3.57 Å². The molecule has 0 aliphatic carbocycles. The van der Waals surface area contributed by atoms with Crippen molar-refractivity contribution in [3.05, 3.63) is 61.7 Å². The summed E-state index contributed by atoms with van der Waals surface area (Å²) in [5, 5.41) is 0.649. The van der Waals surface area contributed by atoms with Crippen LogP contribution in [-0.4, -0.2) is 48.3 Å². The maximum Gasteiger partial charge on any atom is 0.333 e. The van der Waals surface area contributed by atoms with Crippen LogP contribution in [0.4, 0.5) is 4.79 Å². The SMILES string of the molecule is CCOc1cc(C=C2C(=O)N(C)C(=O)N(C)C2=O)cc(I)c1OCc1ccc(Cl)cc1. The van der Waals surface area contributed by atoms with E-state index in [1.807, 2.05) is 19.1 Å². The number of benzene rings is 2. The van der Waals surface area contributed by atoms with Crippen molar-refractivity contribution in [1.82, 2.24) is 9.80 Å². The van der Waals surface area contributed by atoms with E-state index in [0.717, 1.165) is 18.9 Å². The number of urea groups is 1. The zero-order valence-electron chi connectivity index (χ0n) is 17.1. The molecule has 0 saturated carbocycles. The van der Waals surface area contributed by atoms with Crippen LogP contribution in [0.5, 0.6) is 11.5 Å². The van der Waals surface area contributed by atoms with E-state index >= 15 is 0 Å². The van der Waals surface area contributed by atoms with Crippen LogP contribution in [0.3, 0.4) is 0 Å². The summed E-state index contributed by atoms with van der Waals surface area (Å²) >= 11 is 8.04. The Kier molecular flexibility index (Phi) is 7.22. The topological polar surface area (TPSA) is 76.2 Å². The average molecular weight is 555 g/mol. The van der Waals surface area contributed by atoms with Gasteiger partial charge in [-0.05, 0) is 71.0 Å². The van der Waals surface area contributed by atoms with Crippen LogP contribution in [0.25, 0.3) is 6.08 Å². The third kappa shape index (κ3) is 5.01. The predicted molar refractivity (Wildman–Crippen MR) is 125 cm³/mol. The van der Waals surface area contributed by atoms with Gasteiger partial charge in [0, 0.05) is 19.1 Å². The first-order valence-corrected chi connectivity index (χ1v) is 10.8. The Morgan fingerprint density at radius 1 is 1.00 bits per heavy atom. The molecule has 0 spiro atoms. The van der Waals surface area contributed by atoms with Gasteiger partial charge in [-0.25, -0.2) is 4.79 Å². The molecule has 1 heterocycles. The van der Waals surface area contributed by atoms with Gasteiger partial charge in [-0.1, -0.05) is 23.7 Å². The molecule has 1 fully saturated rings. The molecule has 0 atom stereocenters. The maximum absolute atomic E-state index is 12.5. The molecule has 9 heteroatoms. The van der Waals surface area contributed by atoms with Crippen molar-refractivity contribution in [3.8, 4) is 11.5 Å². The number of amides is 4. The maximum atomic E-state index is 12.5. The Bertz CT molecular complexity index is 1040. The number of hydrogen-bond donors (Lipinski definition) is 0. The lowest BCUT2D eigenvalue weighted by molar-refractivity contribution is -0.134. The van der Waals surface area contributed by atoms with Crippen molar-refractivity contribution >= 4 is 58.1 Å². The number of nitrogens with zero attached hydrogens (tertiary/aromatic N) is 2. The molecule has 0 radical (unpaired) electrons. The van der Waals surface area contributed by atoms with Gasteiger partial charge in [0.1, 0.15) is 12.2 Å². The summed E-state index contributed by atoms with van der Waals surface area (Å²) in [6.45, 7) is 2.58. The van der Waals surface area contributed by atoms with E-state index in [4.69, 9.17) is 21.1 Å². The molecule has 4 amide bonds. The van der Waals surface area contributed by atoms with Gasteiger partial charge in [0.2, 0.25) is 0 Å². The summed E-state index contributed by atoms with van der Waals surface area (Å²) in [6.07, 6.45) is 1.46. The van der Waals surface area contributed by atoms with E-state index in [9.17, 15) is 14.4 Å². The van der Waals surface area contributed by atoms with E-state index in [1.54, 1.807) is 24.3 Å². The van der Waals surface area contributed by atoms with Crippen LogP contribution in [0.15, 0.2) is 42.0 Å². The second-order valence-corrected chi connectivity index (χ2v) is 8.35. The molecule has 0 unspecified atom stereocenters. The number of carbonyl (C=O) groups is 3. The van der Waals surface area contributed by atoms with E-state index in [1.165, 1.54) is 20.2 Å². The average Bonchev–Trinajstić information content (AvgIpc) is 2.75. The Morgan fingerprint density at radius 3 is 2.19 bits per heavy atom. The van der Waals surface area contributed by atoms with Gasteiger partial charge in [-0.3, -0.25) is 19.4 Å². The first kappa shape index (κ1) is 23.1. The van der Waals surface area contributed by atoms with Crippen LogP contribution < -0.4 is 9.47 Å². The highest BCUT2D eigenvalue weighted by atomic mass is 127. The summed E-state index contributed by atoms with van der Waals surface area (Å²) in [6, 6.07) is 10.2. The van der Waals surface area contributed by atoms with Crippen LogP contribution >= 0.6 is 34.2 Å². The fourth-order valence-corrected chi connectivity index (χ4v) is 3.86. The molecule has 1 aliphatic heterocycles. The van der Waals surface area contributed by atoms with Crippen molar-refractivity contribution in [3.63, 3.8) is 0 Å². The standard InChI is InChI=1S/C22H20ClIN2O5/c1-4-30-18-11-14(9-16-20(27)25(2)22(29)26(3)21(16)28)10-17(24)19(18)31-12-13-5-7-15(23)8-6-13/h5-11H,4,12H2,1-3H3. The number of carbonyl (C=O) groups excluding carboxylic acids is 3. The molecule has 0 N–H and O–H groups in total. The second kappa shape index (κ2) is 9.69. The summed E-state index contributed by atoms with van der Waals surface area (Å²) in [5.41, 5.74) is 1.43. The number of hydrogen-bond acceptors (Lipinski definition) is 5. The van der Waals surface area contributed by atoms with Gasteiger partial charge < -0.3 is 9.47 Å². The third-order valence-corrected chi connectivity index (χ3v) is 5.64. The van der Waals surface area contributed by atoms with E-state index in [-0.39, 0.29) is 5.57 Å². The number of ether oxygens (including phenoxy) is 2. The van der Waals surface area contributed by atoms with Crippen molar-refractivity contribution in [2.75, 3.05) is 20.7 Å².